The van der Waals surface area contributed by atoms with Crippen LogP contribution in [0.3, 0.4) is 0 Å². The number of pyridine rings is 1. The van der Waals surface area contributed by atoms with Crippen LogP contribution in [-0.4, -0.2) is 44.1 Å². The highest BCUT2D eigenvalue weighted by Gasteiger charge is 2.31. The lowest BCUT2D eigenvalue weighted by Crippen LogP contribution is -2.45. The van der Waals surface area contributed by atoms with Crippen LogP contribution in [0.2, 0.25) is 0 Å². The third kappa shape index (κ3) is 4.78. The molecule has 1 aromatic heterocycles. The fourth-order valence-corrected chi connectivity index (χ4v) is 4.18. The second-order valence-corrected chi connectivity index (χ2v) is 8.78. The number of hydrogen-bond donors (Lipinski definition) is 0. The van der Waals surface area contributed by atoms with Gasteiger partial charge in [0.2, 0.25) is 0 Å². The van der Waals surface area contributed by atoms with Crippen molar-refractivity contribution in [2.45, 2.75) is 49.5 Å². The number of amides is 1. The molecule has 2 atom stereocenters. The van der Waals surface area contributed by atoms with Crippen LogP contribution in [0, 0.1) is 0 Å². The number of likely N-dealkylation sites (tertiary alicyclic amines) is 1. The normalized spacial score (nSPS) is 20.5. The van der Waals surface area contributed by atoms with E-state index in [1.54, 1.807) is 17.0 Å². The molecule has 0 spiro atoms. The summed E-state index contributed by atoms with van der Waals surface area (Å²) >= 11 is 3.29. The minimum Gasteiger partial charge on any atom is -0.444 e. The molecule has 22 heavy (non-hydrogen) atoms. The zero-order valence-electron chi connectivity index (χ0n) is 13.0. The lowest BCUT2D eigenvalue weighted by atomic mass is 10.1. The molecular weight excluding hydrogens is 368 g/mol. The van der Waals surface area contributed by atoms with Gasteiger partial charge in [-0.05, 0) is 61.7 Å². The molecule has 7 heteroatoms. The number of carbonyl (C=O) groups excluding carboxylic acids is 1. The number of nitrogens with zero attached hydrogens (tertiary/aromatic N) is 2. The maximum atomic E-state index is 12.7. The van der Waals surface area contributed by atoms with Gasteiger partial charge in [-0.15, -0.1) is 0 Å². The summed E-state index contributed by atoms with van der Waals surface area (Å²) in [4.78, 5) is 18.1. The number of halogens is 1. The molecule has 0 N–H and O–H groups in total. The largest absolute Gasteiger partial charge is 0.444 e. The molecule has 0 radical (unpaired) electrons. The van der Waals surface area contributed by atoms with Gasteiger partial charge in [-0.2, -0.15) is 0 Å². The van der Waals surface area contributed by atoms with Gasteiger partial charge in [-0.1, -0.05) is 6.07 Å². The Morgan fingerprint density at radius 3 is 2.82 bits per heavy atom. The molecule has 0 bridgehead atoms. The third-order valence-corrected chi connectivity index (χ3v) is 5.30. The van der Waals surface area contributed by atoms with Gasteiger partial charge >= 0.3 is 6.09 Å². The fraction of sp³-hybridized carbons (Fsp3) is 0.600. The first-order chi connectivity index (χ1) is 10.3. The molecule has 1 amide bonds. The Hall–Kier alpha value is -0.950. The van der Waals surface area contributed by atoms with E-state index in [9.17, 15) is 9.00 Å². The highest BCUT2D eigenvalue weighted by molar-refractivity contribution is 9.10. The van der Waals surface area contributed by atoms with Crippen molar-refractivity contribution in [2.75, 3.05) is 13.1 Å². The van der Waals surface area contributed by atoms with Crippen LogP contribution in [-0.2, 0) is 15.5 Å². The number of hydrogen-bond acceptors (Lipinski definition) is 4. The van der Waals surface area contributed by atoms with Gasteiger partial charge in [0.1, 0.15) is 15.2 Å². The Morgan fingerprint density at radius 2 is 2.18 bits per heavy atom. The zero-order valence-corrected chi connectivity index (χ0v) is 15.4. The first-order valence-electron chi connectivity index (χ1n) is 7.27. The van der Waals surface area contributed by atoms with Gasteiger partial charge in [0, 0.05) is 13.1 Å². The second kappa shape index (κ2) is 7.08. The third-order valence-electron chi connectivity index (χ3n) is 3.23. The van der Waals surface area contributed by atoms with Gasteiger partial charge in [-0.3, -0.25) is 4.21 Å². The van der Waals surface area contributed by atoms with Crippen molar-refractivity contribution in [2.24, 2.45) is 0 Å². The molecule has 2 rings (SSSR count). The summed E-state index contributed by atoms with van der Waals surface area (Å²) in [7, 11) is -1.23. The summed E-state index contributed by atoms with van der Waals surface area (Å²) in [6.07, 6.45) is 1.31. The zero-order chi connectivity index (χ0) is 16.3. The molecule has 0 aliphatic carbocycles. The molecule has 122 valence electrons. The van der Waals surface area contributed by atoms with Crippen molar-refractivity contribution < 1.29 is 13.7 Å². The molecule has 5 nitrogen and oxygen atoms in total. The summed E-state index contributed by atoms with van der Waals surface area (Å²) in [5, 5.41) is 0.438. The number of rotatable bonds is 2. The van der Waals surface area contributed by atoms with E-state index >= 15 is 0 Å². The molecule has 2 heterocycles. The van der Waals surface area contributed by atoms with E-state index < -0.39 is 16.4 Å². The van der Waals surface area contributed by atoms with Crippen LogP contribution in [0.5, 0.6) is 0 Å². The summed E-state index contributed by atoms with van der Waals surface area (Å²) in [6, 6.07) is 5.38. The first-order valence-corrected chi connectivity index (χ1v) is 9.28. The topological polar surface area (TPSA) is 59.5 Å². The average Bonchev–Trinajstić information content (AvgIpc) is 2.45. The highest BCUT2D eigenvalue weighted by atomic mass is 79.9. The molecule has 1 saturated heterocycles. The maximum absolute atomic E-state index is 12.7. The van der Waals surface area contributed by atoms with Gasteiger partial charge in [0.15, 0.2) is 0 Å². The maximum Gasteiger partial charge on any atom is 0.410 e. The Labute approximate surface area is 142 Å². The monoisotopic (exact) mass is 388 g/mol. The molecule has 0 aromatic carbocycles. The van der Waals surface area contributed by atoms with Crippen LogP contribution in [0.25, 0.3) is 0 Å². The first kappa shape index (κ1) is 17.4. The van der Waals surface area contributed by atoms with Gasteiger partial charge in [0.05, 0.1) is 16.0 Å². The van der Waals surface area contributed by atoms with E-state index in [2.05, 4.69) is 20.9 Å². The Bertz CT molecular complexity index is 574. The lowest BCUT2D eigenvalue weighted by Gasteiger charge is -2.33. The van der Waals surface area contributed by atoms with Crippen molar-refractivity contribution in [1.29, 1.82) is 0 Å². The number of ether oxygens (including phenoxy) is 1. The number of piperidine rings is 1. The average molecular weight is 389 g/mol. The Balaban J connectivity index is 2.04. The SMILES string of the molecule is CC(C)(C)OC(=O)N1CCC[C@@H]([S@@](=O)c2cccc(Br)n2)C1. The molecule has 1 aliphatic rings. The molecule has 0 unspecified atom stereocenters. The molecule has 1 aromatic rings. The summed E-state index contributed by atoms with van der Waals surface area (Å²) in [5.41, 5.74) is -0.519. The molecular formula is C15H21BrN2O3S. The van der Waals surface area contributed by atoms with Crippen LogP contribution in [0.1, 0.15) is 33.6 Å². The predicted octanol–water partition coefficient (Wildman–Crippen LogP) is 3.35. The molecule has 0 saturated carbocycles. The second-order valence-electron chi connectivity index (χ2n) is 6.29. The van der Waals surface area contributed by atoms with E-state index in [0.29, 0.717) is 22.7 Å². The lowest BCUT2D eigenvalue weighted by molar-refractivity contribution is 0.0219. The standard InChI is InChI=1S/C15H21BrN2O3S/c1-15(2,3)21-14(19)18-9-5-6-11(10-18)22(20)13-8-4-7-12(16)17-13/h4,7-8,11H,5-6,9-10H2,1-3H3/t11-,22-/m1/s1. The van der Waals surface area contributed by atoms with E-state index in [1.807, 2.05) is 26.8 Å². The fourth-order valence-electron chi connectivity index (χ4n) is 2.28. The van der Waals surface area contributed by atoms with E-state index in [0.717, 1.165) is 12.8 Å². The minimum absolute atomic E-state index is 0.108. The summed E-state index contributed by atoms with van der Waals surface area (Å²) in [6.45, 7) is 6.62. The molecule has 1 fully saturated rings. The predicted molar refractivity (Wildman–Crippen MR) is 89.2 cm³/mol. The summed E-state index contributed by atoms with van der Waals surface area (Å²) < 4.78 is 18.7. The number of carbonyl (C=O) groups is 1. The van der Waals surface area contributed by atoms with Crippen LogP contribution in [0.4, 0.5) is 4.79 Å². The molecule has 1 aliphatic heterocycles. The van der Waals surface area contributed by atoms with Crippen molar-refractivity contribution >= 4 is 32.8 Å². The minimum atomic E-state index is -1.23. The quantitative estimate of drug-likeness (QED) is 0.728. The van der Waals surface area contributed by atoms with Crippen LogP contribution in [0.15, 0.2) is 27.8 Å². The van der Waals surface area contributed by atoms with Crippen molar-refractivity contribution in [3.63, 3.8) is 0 Å². The van der Waals surface area contributed by atoms with Crippen LogP contribution >= 0.6 is 15.9 Å². The smallest absolute Gasteiger partial charge is 0.410 e. The van der Waals surface area contributed by atoms with Crippen molar-refractivity contribution in [1.82, 2.24) is 9.88 Å². The summed E-state index contributed by atoms with van der Waals surface area (Å²) in [5.74, 6) is 0. The van der Waals surface area contributed by atoms with Crippen molar-refractivity contribution in [3.05, 3.63) is 22.8 Å². The van der Waals surface area contributed by atoms with Gasteiger partial charge in [0.25, 0.3) is 0 Å². The van der Waals surface area contributed by atoms with Crippen LogP contribution < -0.4 is 0 Å². The Morgan fingerprint density at radius 1 is 1.45 bits per heavy atom. The van der Waals surface area contributed by atoms with E-state index in [-0.39, 0.29) is 11.3 Å². The van der Waals surface area contributed by atoms with Gasteiger partial charge in [-0.25, -0.2) is 9.78 Å². The highest BCUT2D eigenvalue weighted by Crippen LogP contribution is 2.22. The Kier molecular flexibility index (Phi) is 5.60. The van der Waals surface area contributed by atoms with Gasteiger partial charge < -0.3 is 9.64 Å². The van der Waals surface area contributed by atoms with Crippen molar-refractivity contribution in [3.8, 4) is 0 Å². The van der Waals surface area contributed by atoms with E-state index in [1.165, 1.54) is 0 Å². The van der Waals surface area contributed by atoms with E-state index in [4.69, 9.17) is 4.74 Å². The number of aromatic nitrogens is 1.